The third-order valence-electron chi connectivity index (χ3n) is 3.62. The highest BCUT2D eigenvalue weighted by Crippen LogP contribution is 2.42. The number of ether oxygens (including phenoxy) is 2. The van der Waals surface area contributed by atoms with Crippen molar-refractivity contribution in [3.8, 4) is 22.6 Å². The van der Waals surface area contributed by atoms with Gasteiger partial charge >= 0.3 is 0 Å². The van der Waals surface area contributed by atoms with Crippen molar-refractivity contribution in [2.45, 2.75) is 13.0 Å². The maximum absolute atomic E-state index is 5.56. The lowest BCUT2D eigenvalue weighted by Gasteiger charge is -2.16. The normalized spacial score (nSPS) is 12.0. The zero-order valence-corrected chi connectivity index (χ0v) is 14.3. The van der Waals surface area contributed by atoms with Gasteiger partial charge in [-0.1, -0.05) is 18.2 Å². The van der Waals surface area contributed by atoms with E-state index in [0.717, 1.165) is 27.1 Å². The molecule has 1 atom stereocenters. The molecule has 2 rings (SSSR count). The van der Waals surface area contributed by atoms with Crippen LogP contribution in [0.1, 0.15) is 18.5 Å². The fourth-order valence-corrected chi connectivity index (χ4v) is 2.93. The lowest BCUT2D eigenvalue weighted by molar-refractivity contribution is 0.390. The molecule has 112 valence electrons. The number of rotatable bonds is 5. The predicted octanol–water partition coefficient (Wildman–Crippen LogP) is 4.41. The molecule has 2 aromatic carbocycles. The van der Waals surface area contributed by atoms with Gasteiger partial charge in [0.25, 0.3) is 0 Å². The zero-order chi connectivity index (χ0) is 15.4. The molecule has 0 saturated carbocycles. The number of halogens is 1. The quantitative estimate of drug-likeness (QED) is 0.866. The van der Waals surface area contributed by atoms with E-state index in [4.69, 9.17) is 9.47 Å². The third kappa shape index (κ3) is 3.22. The van der Waals surface area contributed by atoms with E-state index in [1.807, 2.05) is 19.2 Å². The molecule has 0 aliphatic heterocycles. The van der Waals surface area contributed by atoms with Crippen molar-refractivity contribution in [3.05, 3.63) is 46.4 Å². The van der Waals surface area contributed by atoms with E-state index in [2.05, 4.69) is 52.4 Å². The van der Waals surface area contributed by atoms with E-state index in [1.54, 1.807) is 14.2 Å². The first kappa shape index (κ1) is 15.9. The third-order valence-corrected chi connectivity index (χ3v) is 4.37. The van der Waals surface area contributed by atoms with Gasteiger partial charge in [0.2, 0.25) is 0 Å². The minimum absolute atomic E-state index is 0.303. The molecule has 4 heteroatoms. The Balaban J connectivity index is 2.54. The van der Waals surface area contributed by atoms with Crippen molar-refractivity contribution in [2.24, 2.45) is 0 Å². The van der Waals surface area contributed by atoms with Crippen molar-refractivity contribution in [1.29, 1.82) is 0 Å². The van der Waals surface area contributed by atoms with Gasteiger partial charge in [0.15, 0.2) is 0 Å². The molecule has 0 heterocycles. The van der Waals surface area contributed by atoms with E-state index < -0.39 is 0 Å². The molecule has 3 nitrogen and oxygen atoms in total. The molecular weight excluding hydrogens is 330 g/mol. The van der Waals surface area contributed by atoms with Crippen LogP contribution in [0.25, 0.3) is 11.1 Å². The first-order valence-electron chi connectivity index (χ1n) is 6.80. The average Bonchev–Trinajstić information content (AvgIpc) is 2.53. The number of methoxy groups -OCH3 is 2. The number of benzene rings is 2. The fourth-order valence-electron chi connectivity index (χ4n) is 2.26. The molecule has 0 aliphatic rings. The Morgan fingerprint density at radius 1 is 1.10 bits per heavy atom. The van der Waals surface area contributed by atoms with E-state index in [-0.39, 0.29) is 0 Å². The van der Waals surface area contributed by atoms with Crippen LogP contribution in [0.15, 0.2) is 40.9 Å². The summed E-state index contributed by atoms with van der Waals surface area (Å²) in [6.07, 6.45) is 0. The number of hydrogen-bond acceptors (Lipinski definition) is 3. The lowest BCUT2D eigenvalue weighted by atomic mass is 9.99. The highest BCUT2D eigenvalue weighted by Gasteiger charge is 2.15. The van der Waals surface area contributed by atoms with Crippen LogP contribution in [-0.2, 0) is 0 Å². The van der Waals surface area contributed by atoms with Gasteiger partial charge in [-0.05, 0) is 59.2 Å². The highest BCUT2D eigenvalue weighted by molar-refractivity contribution is 9.10. The molecule has 0 amide bonds. The molecular formula is C17H20BrNO2. The maximum Gasteiger partial charge on any atom is 0.144 e. The van der Waals surface area contributed by atoms with Gasteiger partial charge in [0, 0.05) is 11.6 Å². The summed E-state index contributed by atoms with van der Waals surface area (Å²) in [5.41, 5.74) is 3.40. The Kier molecular flexibility index (Phi) is 5.26. The van der Waals surface area contributed by atoms with Gasteiger partial charge in [-0.15, -0.1) is 0 Å². The lowest BCUT2D eigenvalue weighted by Crippen LogP contribution is -2.12. The Hall–Kier alpha value is -1.52. The van der Waals surface area contributed by atoms with Crippen LogP contribution in [-0.4, -0.2) is 21.3 Å². The summed E-state index contributed by atoms with van der Waals surface area (Å²) < 4.78 is 11.7. The fraction of sp³-hybridized carbons (Fsp3) is 0.294. The second-order valence-corrected chi connectivity index (χ2v) is 5.59. The van der Waals surface area contributed by atoms with Gasteiger partial charge in [0.1, 0.15) is 16.0 Å². The minimum Gasteiger partial charge on any atom is -0.495 e. The molecule has 0 fully saturated rings. The topological polar surface area (TPSA) is 30.5 Å². The van der Waals surface area contributed by atoms with E-state index in [1.165, 1.54) is 5.56 Å². The average molecular weight is 350 g/mol. The summed E-state index contributed by atoms with van der Waals surface area (Å²) in [7, 11) is 5.28. The monoisotopic (exact) mass is 349 g/mol. The van der Waals surface area contributed by atoms with Crippen LogP contribution in [0.3, 0.4) is 0 Å². The molecule has 2 aromatic rings. The summed E-state index contributed by atoms with van der Waals surface area (Å²) in [5.74, 6) is 1.54. The summed E-state index contributed by atoms with van der Waals surface area (Å²) >= 11 is 3.55. The van der Waals surface area contributed by atoms with E-state index in [9.17, 15) is 0 Å². The Labute approximate surface area is 134 Å². The summed E-state index contributed by atoms with van der Waals surface area (Å²) in [4.78, 5) is 0. The predicted molar refractivity (Wildman–Crippen MR) is 90.2 cm³/mol. The van der Waals surface area contributed by atoms with E-state index >= 15 is 0 Å². The van der Waals surface area contributed by atoms with Crippen molar-refractivity contribution in [2.75, 3.05) is 21.3 Å². The van der Waals surface area contributed by atoms with E-state index in [0.29, 0.717) is 6.04 Å². The summed E-state index contributed by atoms with van der Waals surface area (Å²) in [6.45, 7) is 2.14. The smallest absolute Gasteiger partial charge is 0.144 e. The van der Waals surface area contributed by atoms with Crippen molar-refractivity contribution in [1.82, 2.24) is 5.32 Å². The van der Waals surface area contributed by atoms with Crippen molar-refractivity contribution in [3.63, 3.8) is 0 Å². The van der Waals surface area contributed by atoms with Crippen LogP contribution in [0.2, 0.25) is 0 Å². The molecule has 0 spiro atoms. The zero-order valence-electron chi connectivity index (χ0n) is 12.7. The van der Waals surface area contributed by atoms with Gasteiger partial charge < -0.3 is 14.8 Å². The van der Waals surface area contributed by atoms with Gasteiger partial charge in [-0.3, -0.25) is 0 Å². The summed E-state index contributed by atoms with van der Waals surface area (Å²) in [5, 5.41) is 3.26. The molecule has 21 heavy (non-hydrogen) atoms. The minimum atomic E-state index is 0.303. The number of nitrogens with one attached hydrogen (secondary N) is 1. The Morgan fingerprint density at radius 2 is 1.86 bits per heavy atom. The molecule has 0 aliphatic carbocycles. The Bertz CT molecular complexity index is 628. The first-order chi connectivity index (χ1) is 10.1. The van der Waals surface area contributed by atoms with Crippen LogP contribution in [0, 0.1) is 0 Å². The molecule has 0 aromatic heterocycles. The van der Waals surface area contributed by atoms with Crippen LogP contribution < -0.4 is 14.8 Å². The number of hydrogen-bond donors (Lipinski definition) is 1. The standard InChI is InChI=1S/C17H20BrNO2/c1-11(19-2)12-6-5-7-13(10-12)14-8-9-15(20-3)16(18)17(14)21-4/h5-11,19H,1-4H3. The van der Waals surface area contributed by atoms with Crippen LogP contribution >= 0.6 is 15.9 Å². The largest absolute Gasteiger partial charge is 0.495 e. The highest BCUT2D eigenvalue weighted by atomic mass is 79.9. The molecule has 1 N–H and O–H groups in total. The molecule has 1 unspecified atom stereocenters. The van der Waals surface area contributed by atoms with Gasteiger partial charge in [0.05, 0.1) is 14.2 Å². The van der Waals surface area contributed by atoms with Gasteiger partial charge in [-0.2, -0.15) is 0 Å². The SMILES string of the molecule is CNC(C)c1cccc(-c2ccc(OC)c(Br)c2OC)c1. The first-order valence-corrected chi connectivity index (χ1v) is 7.59. The van der Waals surface area contributed by atoms with Crippen molar-refractivity contribution < 1.29 is 9.47 Å². The van der Waals surface area contributed by atoms with Crippen LogP contribution in [0.5, 0.6) is 11.5 Å². The van der Waals surface area contributed by atoms with Gasteiger partial charge in [-0.25, -0.2) is 0 Å². The molecule has 0 bridgehead atoms. The maximum atomic E-state index is 5.56. The van der Waals surface area contributed by atoms with Crippen LogP contribution in [0.4, 0.5) is 0 Å². The molecule has 0 saturated heterocycles. The van der Waals surface area contributed by atoms with Crippen molar-refractivity contribution >= 4 is 15.9 Å². The molecule has 0 radical (unpaired) electrons. The Morgan fingerprint density at radius 3 is 2.48 bits per heavy atom. The second kappa shape index (κ2) is 6.96. The second-order valence-electron chi connectivity index (χ2n) is 4.80. The summed E-state index contributed by atoms with van der Waals surface area (Å²) in [6, 6.07) is 12.7.